The summed E-state index contributed by atoms with van der Waals surface area (Å²) in [6.45, 7) is 0. The van der Waals surface area contributed by atoms with Crippen LogP contribution in [0.25, 0.3) is 72.0 Å². The molecule has 2 nitrogen and oxygen atoms in total. The van der Waals surface area contributed by atoms with Crippen LogP contribution in [0.3, 0.4) is 0 Å². The van der Waals surface area contributed by atoms with Crippen molar-refractivity contribution in [2.45, 2.75) is 0 Å². The second-order valence-electron chi connectivity index (χ2n) is 14.1. The van der Waals surface area contributed by atoms with E-state index in [0.29, 0.717) is 0 Å². The standard InChI is InChI=1S/C54H38N2/c1-4-18-40(19-5-1)46-26-10-11-29-50(46)54-47(41-20-6-2-7-21-41)30-17-33-53(54)55(43-23-8-3-9-24-43)44-36-34-39(35-37-44)42-22-16-25-45(38-42)56-51-31-14-12-27-48(51)49-28-13-15-32-52(49)56/h1-38H. The SMILES string of the molecule is c1ccc(-c2ccccc2-c2c(-c3ccccc3)cccc2N(c2ccccc2)c2ccc(-c3cccc(-n4c5ccccc5c5ccccc54)c3)cc2)cc1. The molecule has 0 fully saturated rings. The van der Waals surface area contributed by atoms with Crippen LogP contribution < -0.4 is 4.90 Å². The molecule has 0 bridgehead atoms. The van der Waals surface area contributed by atoms with Crippen molar-refractivity contribution in [3.63, 3.8) is 0 Å². The van der Waals surface area contributed by atoms with Crippen LogP contribution in [0, 0.1) is 0 Å². The molecule has 264 valence electrons. The molecule has 0 amide bonds. The van der Waals surface area contributed by atoms with Gasteiger partial charge in [-0.1, -0.05) is 176 Å². The van der Waals surface area contributed by atoms with E-state index in [2.05, 4.69) is 240 Å². The molecule has 1 heterocycles. The van der Waals surface area contributed by atoms with Gasteiger partial charge in [0.05, 0.1) is 16.7 Å². The average Bonchev–Trinajstić information content (AvgIpc) is 3.62. The van der Waals surface area contributed by atoms with Crippen LogP contribution in [-0.2, 0) is 0 Å². The molecule has 0 saturated heterocycles. The number of fused-ring (bicyclic) bond motifs is 3. The van der Waals surface area contributed by atoms with Crippen molar-refractivity contribution in [1.29, 1.82) is 0 Å². The fraction of sp³-hybridized carbons (Fsp3) is 0. The van der Waals surface area contributed by atoms with E-state index in [1.165, 1.54) is 60.8 Å². The number of hydrogen-bond acceptors (Lipinski definition) is 1. The Hall–Kier alpha value is -7.42. The summed E-state index contributed by atoms with van der Waals surface area (Å²) in [7, 11) is 0. The quantitative estimate of drug-likeness (QED) is 0.152. The lowest BCUT2D eigenvalue weighted by atomic mass is 9.87. The molecule has 0 radical (unpaired) electrons. The highest BCUT2D eigenvalue weighted by molar-refractivity contribution is 6.09. The Balaban J connectivity index is 1.13. The lowest BCUT2D eigenvalue weighted by Gasteiger charge is -2.30. The van der Waals surface area contributed by atoms with E-state index in [4.69, 9.17) is 0 Å². The number of benzene rings is 9. The van der Waals surface area contributed by atoms with Gasteiger partial charge in [0, 0.05) is 33.4 Å². The van der Waals surface area contributed by atoms with Gasteiger partial charge in [-0.15, -0.1) is 0 Å². The molecule has 0 atom stereocenters. The molecule has 0 spiro atoms. The summed E-state index contributed by atoms with van der Waals surface area (Å²) in [5.74, 6) is 0. The number of hydrogen-bond donors (Lipinski definition) is 0. The van der Waals surface area contributed by atoms with Crippen molar-refractivity contribution in [3.05, 3.63) is 231 Å². The van der Waals surface area contributed by atoms with Gasteiger partial charge >= 0.3 is 0 Å². The molecular weight excluding hydrogens is 677 g/mol. The van der Waals surface area contributed by atoms with Gasteiger partial charge in [0.25, 0.3) is 0 Å². The maximum atomic E-state index is 2.40. The molecule has 9 aromatic carbocycles. The molecule has 10 rings (SSSR count). The average molecular weight is 715 g/mol. The summed E-state index contributed by atoms with van der Waals surface area (Å²) in [5.41, 5.74) is 16.3. The van der Waals surface area contributed by atoms with E-state index in [-0.39, 0.29) is 0 Å². The number of aromatic nitrogens is 1. The van der Waals surface area contributed by atoms with Gasteiger partial charge in [-0.05, 0) is 93.5 Å². The first kappa shape index (κ1) is 33.2. The second-order valence-corrected chi connectivity index (χ2v) is 14.1. The minimum absolute atomic E-state index is 1.09. The molecule has 0 unspecified atom stereocenters. The van der Waals surface area contributed by atoms with Crippen molar-refractivity contribution in [2.75, 3.05) is 4.90 Å². The molecule has 0 saturated carbocycles. The first-order valence-corrected chi connectivity index (χ1v) is 19.2. The van der Waals surface area contributed by atoms with E-state index < -0.39 is 0 Å². The van der Waals surface area contributed by atoms with Gasteiger partial charge in [0.1, 0.15) is 0 Å². The topological polar surface area (TPSA) is 8.17 Å². The monoisotopic (exact) mass is 714 g/mol. The maximum Gasteiger partial charge on any atom is 0.0546 e. The third kappa shape index (κ3) is 5.95. The number of nitrogens with zero attached hydrogens (tertiary/aromatic N) is 2. The zero-order valence-corrected chi connectivity index (χ0v) is 30.8. The highest BCUT2D eigenvalue weighted by atomic mass is 15.1. The van der Waals surface area contributed by atoms with Gasteiger partial charge in [-0.3, -0.25) is 0 Å². The third-order valence-electron chi connectivity index (χ3n) is 10.8. The number of rotatable bonds is 8. The molecule has 0 aliphatic carbocycles. The van der Waals surface area contributed by atoms with Crippen LogP contribution >= 0.6 is 0 Å². The Morgan fingerprint density at radius 2 is 0.786 bits per heavy atom. The second kappa shape index (κ2) is 14.4. The van der Waals surface area contributed by atoms with Crippen molar-refractivity contribution in [1.82, 2.24) is 4.57 Å². The van der Waals surface area contributed by atoms with E-state index >= 15 is 0 Å². The summed E-state index contributed by atoms with van der Waals surface area (Å²) in [5, 5.41) is 2.53. The maximum absolute atomic E-state index is 2.40. The van der Waals surface area contributed by atoms with Gasteiger partial charge in [0.15, 0.2) is 0 Å². The molecule has 56 heavy (non-hydrogen) atoms. The normalized spacial score (nSPS) is 11.2. The third-order valence-corrected chi connectivity index (χ3v) is 10.8. The Bertz CT molecular complexity index is 2890. The summed E-state index contributed by atoms with van der Waals surface area (Å²) in [6.07, 6.45) is 0. The minimum atomic E-state index is 1.09. The van der Waals surface area contributed by atoms with Crippen molar-refractivity contribution < 1.29 is 0 Å². The van der Waals surface area contributed by atoms with E-state index in [0.717, 1.165) is 28.3 Å². The van der Waals surface area contributed by atoms with Crippen molar-refractivity contribution in [2.24, 2.45) is 0 Å². The molecule has 2 heteroatoms. The highest BCUT2D eigenvalue weighted by Crippen LogP contribution is 2.48. The Labute approximate surface area is 327 Å². The lowest BCUT2D eigenvalue weighted by Crippen LogP contribution is -2.12. The van der Waals surface area contributed by atoms with Crippen LogP contribution in [0.2, 0.25) is 0 Å². The summed E-state index contributed by atoms with van der Waals surface area (Å²) in [4.78, 5) is 2.40. The zero-order chi connectivity index (χ0) is 37.3. The Kier molecular flexibility index (Phi) is 8.55. The van der Waals surface area contributed by atoms with Crippen LogP contribution in [0.5, 0.6) is 0 Å². The first-order chi connectivity index (χ1) is 27.8. The van der Waals surface area contributed by atoms with Crippen LogP contribution in [-0.4, -0.2) is 4.57 Å². The van der Waals surface area contributed by atoms with Gasteiger partial charge < -0.3 is 9.47 Å². The first-order valence-electron chi connectivity index (χ1n) is 19.2. The predicted octanol–water partition coefficient (Wildman–Crippen LogP) is 14.9. The summed E-state index contributed by atoms with van der Waals surface area (Å²) < 4.78 is 2.38. The molecule has 0 aliphatic rings. The predicted molar refractivity (Wildman–Crippen MR) is 237 cm³/mol. The van der Waals surface area contributed by atoms with Gasteiger partial charge in [-0.25, -0.2) is 0 Å². The van der Waals surface area contributed by atoms with E-state index in [1.807, 2.05) is 0 Å². The molecule has 10 aromatic rings. The molecule has 0 N–H and O–H groups in total. The largest absolute Gasteiger partial charge is 0.310 e. The van der Waals surface area contributed by atoms with Gasteiger partial charge in [0.2, 0.25) is 0 Å². The fourth-order valence-corrected chi connectivity index (χ4v) is 8.27. The molecule has 1 aromatic heterocycles. The summed E-state index contributed by atoms with van der Waals surface area (Å²) in [6, 6.07) is 83.0. The van der Waals surface area contributed by atoms with Crippen molar-refractivity contribution >= 4 is 38.9 Å². The van der Waals surface area contributed by atoms with Crippen LogP contribution in [0.15, 0.2) is 231 Å². The highest BCUT2D eigenvalue weighted by Gasteiger charge is 2.22. The lowest BCUT2D eigenvalue weighted by molar-refractivity contribution is 1.18. The van der Waals surface area contributed by atoms with E-state index in [1.54, 1.807) is 0 Å². The smallest absolute Gasteiger partial charge is 0.0546 e. The number of anilines is 3. The van der Waals surface area contributed by atoms with Crippen LogP contribution in [0.1, 0.15) is 0 Å². The molecule has 0 aliphatic heterocycles. The zero-order valence-electron chi connectivity index (χ0n) is 30.8. The van der Waals surface area contributed by atoms with E-state index in [9.17, 15) is 0 Å². The number of para-hydroxylation sites is 3. The fourth-order valence-electron chi connectivity index (χ4n) is 8.27. The van der Waals surface area contributed by atoms with Gasteiger partial charge in [-0.2, -0.15) is 0 Å². The minimum Gasteiger partial charge on any atom is -0.310 e. The summed E-state index contributed by atoms with van der Waals surface area (Å²) >= 11 is 0. The molecular formula is C54H38N2. The Morgan fingerprint density at radius 1 is 0.304 bits per heavy atom. The van der Waals surface area contributed by atoms with Crippen molar-refractivity contribution in [3.8, 4) is 50.2 Å². The Morgan fingerprint density at radius 3 is 1.45 bits per heavy atom. The van der Waals surface area contributed by atoms with Crippen LogP contribution in [0.4, 0.5) is 17.1 Å².